The minimum absolute atomic E-state index is 0.00929. The Morgan fingerprint density at radius 1 is 0.558 bits per heavy atom. The summed E-state index contributed by atoms with van der Waals surface area (Å²) in [6.45, 7) is 7.05. The number of hydrogen-bond donors (Lipinski definition) is 2. The zero-order chi connectivity index (χ0) is 65.9. The highest BCUT2D eigenvalue weighted by molar-refractivity contribution is 7.90. The highest BCUT2D eigenvalue weighted by Crippen LogP contribution is 2.46. The predicted molar refractivity (Wildman–Crippen MR) is 308 cm³/mol. The standard InChI is InChI=1S/C30H31F2N5O6S.C28H27F2N5O6S/c1-4-35-27-19(17-36(30(35)38)28-25(31)23(41-2)15-24(42-3)26(28)32)16-33-29-22(27)14-20(18-34-10-12-43-13-11-34)37(29)44(39,40)21-8-6-5-7-9-21;1-2-33-25-17(15-34(28(33)38)26-23(29)21(36)13-22(37)24(26)30)14-31-27-20(25)12-18(16-32-8-10-41-11-9-32)35(27)42(39,40)19-6-4-3-5-7-19/h5-9,14-16H,4,10-13,17-18H2,1-3H3;3-7,12-14,36-37H,2,8-11,15-16H2,1H3/i2D3,3D3;. The molecule has 86 heavy (non-hydrogen) atoms. The van der Waals surface area contributed by atoms with E-state index in [4.69, 9.17) is 27.2 Å². The molecule has 0 aliphatic carbocycles. The first-order valence-corrected chi connectivity index (χ1v) is 29.7. The maximum Gasteiger partial charge on any atom is 0.329 e. The lowest BCUT2D eigenvalue weighted by molar-refractivity contribution is 0.0335. The summed E-state index contributed by atoms with van der Waals surface area (Å²) in [4.78, 5) is 44.8. The number of phenolic OH excluding ortho intramolecular Hbond substituents is 2. The van der Waals surface area contributed by atoms with Crippen LogP contribution < -0.4 is 29.1 Å². The number of morpholine rings is 2. The Bertz CT molecular complexity index is 4360. The highest BCUT2D eigenvalue weighted by Gasteiger charge is 2.41. The number of rotatable bonds is 14. The number of carbonyl (C=O) groups is 2. The van der Waals surface area contributed by atoms with Gasteiger partial charge in [0.2, 0.25) is 0 Å². The van der Waals surface area contributed by atoms with Crippen molar-refractivity contribution in [1.82, 2.24) is 27.7 Å². The lowest BCUT2D eigenvalue weighted by atomic mass is 10.1. The maximum atomic E-state index is 15.9. The van der Waals surface area contributed by atoms with Crippen molar-refractivity contribution >= 4 is 76.9 Å². The Morgan fingerprint density at radius 3 is 1.31 bits per heavy atom. The number of fused-ring (bicyclic) bond motifs is 6. The van der Waals surface area contributed by atoms with Crippen LogP contribution in [0.2, 0.25) is 0 Å². The molecule has 2 fully saturated rings. The molecule has 4 aliphatic heterocycles. The zero-order valence-electron chi connectivity index (χ0n) is 51.9. The number of benzene rings is 4. The number of carbonyl (C=O) groups excluding carboxylic acids is 2. The van der Waals surface area contributed by atoms with Gasteiger partial charge in [0.05, 0.1) is 94.4 Å². The van der Waals surface area contributed by atoms with Gasteiger partial charge in [-0.05, 0) is 50.2 Å². The third-order valence-corrected chi connectivity index (χ3v) is 18.6. The third kappa shape index (κ3) is 10.3. The number of pyridine rings is 2. The summed E-state index contributed by atoms with van der Waals surface area (Å²) < 4.78 is 185. The fourth-order valence-corrected chi connectivity index (χ4v) is 14.1. The van der Waals surface area contributed by atoms with E-state index in [-0.39, 0.29) is 70.4 Å². The van der Waals surface area contributed by atoms with Crippen LogP contribution in [0.4, 0.5) is 49.9 Å². The normalized spacial score (nSPS) is 17.5. The van der Waals surface area contributed by atoms with E-state index in [1.54, 1.807) is 62.4 Å². The summed E-state index contributed by atoms with van der Waals surface area (Å²) in [5.74, 6) is -10.2. The first-order chi connectivity index (χ1) is 43.6. The number of phenols is 2. The predicted octanol–water partition coefficient (Wildman–Crippen LogP) is 8.13. The van der Waals surface area contributed by atoms with Gasteiger partial charge >= 0.3 is 12.1 Å². The van der Waals surface area contributed by atoms with E-state index in [0.29, 0.717) is 97.7 Å². The van der Waals surface area contributed by atoms with Gasteiger partial charge in [0.1, 0.15) is 11.4 Å². The summed E-state index contributed by atoms with van der Waals surface area (Å²) >= 11 is 0. The monoisotopic (exact) mass is 1230 g/mol. The summed E-state index contributed by atoms with van der Waals surface area (Å²) in [5, 5.41) is 20.4. The number of aromatic hydroxyl groups is 2. The van der Waals surface area contributed by atoms with Gasteiger partial charge in [-0.15, -0.1) is 0 Å². The molecule has 0 bridgehead atoms. The molecule has 28 heteroatoms. The van der Waals surface area contributed by atoms with Crippen LogP contribution in [0, 0.1) is 23.3 Å². The lowest BCUT2D eigenvalue weighted by Crippen LogP contribution is -2.48. The van der Waals surface area contributed by atoms with E-state index < -0.39 is 110 Å². The summed E-state index contributed by atoms with van der Waals surface area (Å²) in [5.41, 5.74) is 0.146. The molecule has 8 heterocycles. The van der Waals surface area contributed by atoms with Crippen molar-refractivity contribution in [2.45, 2.75) is 49.8 Å². The number of methoxy groups -OCH3 is 2. The second-order valence-corrected chi connectivity index (χ2v) is 23.7. The van der Waals surface area contributed by atoms with E-state index in [1.165, 1.54) is 50.4 Å². The van der Waals surface area contributed by atoms with Gasteiger partial charge in [-0.1, -0.05) is 36.4 Å². The van der Waals surface area contributed by atoms with E-state index >= 15 is 8.78 Å². The molecule has 4 aromatic carbocycles. The van der Waals surface area contributed by atoms with Crippen LogP contribution in [-0.2, 0) is 55.7 Å². The highest BCUT2D eigenvalue weighted by atomic mass is 32.2. The molecule has 12 rings (SSSR count). The smallest absolute Gasteiger partial charge is 0.329 e. The molecule has 4 aromatic heterocycles. The Hall–Kier alpha value is -8.54. The molecule has 0 radical (unpaired) electrons. The van der Waals surface area contributed by atoms with E-state index in [1.807, 2.05) is 4.90 Å². The SMILES string of the molecule is CCN1C(=O)N(c2c(F)c(O)cc(O)c2F)Cc2cnc3c(cc(CN4CCOCC4)n3S(=O)(=O)c3ccccc3)c21.[2H]C([2H])([2H])Oc1cc(OC([2H])([2H])[2H])c(F)c(N2Cc3cnc4c(cc(CN5CCOCC5)n4S(=O)(=O)c4ccccc4)c3N(CC)C2=O)c1F. The molecule has 0 unspecified atom stereocenters. The van der Waals surface area contributed by atoms with Crippen LogP contribution in [0.15, 0.2) is 107 Å². The molecule has 2 N–H and O–H groups in total. The van der Waals surface area contributed by atoms with E-state index in [9.17, 15) is 45.4 Å². The molecule has 0 saturated carbocycles. The number of amides is 4. The van der Waals surface area contributed by atoms with Crippen LogP contribution >= 0.6 is 0 Å². The molecule has 4 aliphatic rings. The van der Waals surface area contributed by atoms with Crippen LogP contribution in [0.1, 0.15) is 44.6 Å². The molecule has 2 saturated heterocycles. The molecule has 0 spiro atoms. The molecule has 22 nitrogen and oxygen atoms in total. The fraction of sp³-hybridized carbons (Fsp3) is 0.310. The van der Waals surface area contributed by atoms with Crippen molar-refractivity contribution in [2.75, 3.05) is 99.4 Å². The Morgan fingerprint density at radius 2 is 0.942 bits per heavy atom. The van der Waals surface area contributed by atoms with Gasteiger partial charge in [0.25, 0.3) is 20.0 Å². The van der Waals surface area contributed by atoms with Crippen LogP contribution in [-0.4, -0.2) is 147 Å². The quantitative estimate of drug-likeness (QED) is 0.0978. The zero-order valence-corrected chi connectivity index (χ0v) is 47.5. The average molecular weight is 1230 g/mol. The van der Waals surface area contributed by atoms with Gasteiger partial charge in [-0.2, -0.15) is 0 Å². The average Bonchev–Trinajstić information content (AvgIpc) is 1.48. The van der Waals surface area contributed by atoms with Gasteiger partial charge in [-0.3, -0.25) is 29.4 Å². The molecule has 0 atom stereocenters. The molecule has 452 valence electrons. The number of aromatic nitrogens is 4. The van der Waals surface area contributed by atoms with Crippen LogP contribution in [0.3, 0.4) is 0 Å². The molecule has 8 aromatic rings. The third-order valence-electron chi connectivity index (χ3n) is 15.1. The second-order valence-electron chi connectivity index (χ2n) is 20.1. The van der Waals surface area contributed by atoms with Crippen LogP contribution in [0.5, 0.6) is 23.0 Å². The number of anilines is 4. The summed E-state index contributed by atoms with van der Waals surface area (Å²) in [6.07, 6.45) is 2.65. The minimum atomic E-state index is -4.21. The maximum absolute atomic E-state index is 15.9. The van der Waals surface area contributed by atoms with Crippen molar-refractivity contribution in [1.29, 1.82) is 0 Å². The van der Waals surface area contributed by atoms with Crippen molar-refractivity contribution in [3.8, 4) is 23.0 Å². The number of nitrogens with zero attached hydrogens (tertiary/aromatic N) is 10. The van der Waals surface area contributed by atoms with Gasteiger partial charge in [0.15, 0.2) is 57.6 Å². The van der Waals surface area contributed by atoms with E-state index in [2.05, 4.69) is 14.9 Å². The first-order valence-electron chi connectivity index (χ1n) is 29.9. The Balaban J connectivity index is 0.000000191. The number of halogens is 4. The molecular formula is C58H58F4N10O12S2. The van der Waals surface area contributed by atoms with Gasteiger partial charge in [-0.25, -0.2) is 61.9 Å². The topological polar surface area (TPSA) is 235 Å². The van der Waals surface area contributed by atoms with Crippen molar-refractivity contribution in [3.05, 3.63) is 143 Å². The summed E-state index contributed by atoms with van der Waals surface area (Å²) in [7, 11) is -14.8. The van der Waals surface area contributed by atoms with Gasteiger partial charge in [0, 0.05) is 98.8 Å². The fourth-order valence-electron chi connectivity index (χ4n) is 11.1. The summed E-state index contributed by atoms with van der Waals surface area (Å²) in [6, 6.07) is 18.2. The molecular weight excluding hydrogens is 1170 g/mol. The first kappa shape index (κ1) is 51.8. The lowest BCUT2D eigenvalue weighted by Gasteiger charge is -2.37. The Kier molecular flexibility index (Phi) is 14.3. The van der Waals surface area contributed by atoms with Gasteiger partial charge < -0.3 is 29.2 Å². The number of ether oxygens (including phenoxy) is 4. The Labute approximate surface area is 499 Å². The van der Waals surface area contributed by atoms with Crippen molar-refractivity contribution in [3.63, 3.8) is 0 Å². The number of urea groups is 2. The van der Waals surface area contributed by atoms with E-state index in [0.717, 1.165) is 8.87 Å². The minimum Gasteiger partial charge on any atom is -0.505 e. The van der Waals surface area contributed by atoms with Crippen molar-refractivity contribution < 1.29 is 81.4 Å². The second kappa shape index (κ2) is 23.7. The van der Waals surface area contributed by atoms with Crippen LogP contribution in [0.25, 0.3) is 22.1 Å². The molecule has 4 amide bonds. The van der Waals surface area contributed by atoms with Crippen molar-refractivity contribution in [2.24, 2.45) is 0 Å². The largest absolute Gasteiger partial charge is 0.505 e. The number of hydrogen-bond acceptors (Lipinski definition) is 16.